The fourth-order valence-corrected chi connectivity index (χ4v) is 4.52. The second-order valence-corrected chi connectivity index (χ2v) is 9.20. The molecule has 1 N–H and O–H groups in total. The summed E-state index contributed by atoms with van der Waals surface area (Å²) < 4.78 is 24.2. The third-order valence-corrected chi connectivity index (χ3v) is 6.37. The number of benzene rings is 2. The number of carbonyl (C=O) groups excluding carboxylic acids is 1. The van der Waals surface area contributed by atoms with Gasteiger partial charge in [-0.2, -0.15) is 0 Å². The lowest BCUT2D eigenvalue weighted by Crippen LogP contribution is -2.34. The van der Waals surface area contributed by atoms with Crippen molar-refractivity contribution in [3.05, 3.63) is 52.5 Å². The maximum atomic E-state index is 12.2. The summed E-state index contributed by atoms with van der Waals surface area (Å²) in [5, 5.41) is 2.71. The molecule has 1 aliphatic heterocycles. The van der Waals surface area contributed by atoms with Crippen molar-refractivity contribution in [3.8, 4) is 5.75 Å². The summed E-state index contributed by atoms with van der Waals surface area (Å²) in [5.74, 6) is 1.32. The van der Waals surface area contributed by atoms with Crippen LogP contribution in [-0.2, 0) is 21.5 Å². The van der Waals surface area contributed by atoms with Crippen LogP contribution in [0.4, 0.5) is 10.5 Å². The number of nitrogens with one attached hydrogen (secondary N) is 1. The Morgan fingerprint density at radius 1 is 1.22 bits per heavy atom. The summed E-state index contributed by atoms with van der Waals surface area (Å²) in [7, 11) is 0. The summed E-state index contributed by atoms with van der Waals surface area (Å²) >= 11 is 2.52. The minimum absolute atomic E-state index is 0.459. The van der Waals surface area contributed by atoms with Crippen molar-refractivity contribution in [2.24, 2.45) is 0 Å². The summed E-state index contributed by atoms with van der Waals surface area (Å²) in [4.78, 5) is 12.5. The van der Waals surface area contributed by atoms with E-state index in [2.05, 4.69) is 21.2 Å². The molecule has 1 heterocycles. The molecule has 0 spiro atoms. The summed E-state index contributed by atoms with van der Waals surface area (Å²) in [6.45, 7) is 4.22. The zero-order chi connectivity index (χ0) is 19.4. The number of anilines is 1. The molecule has 0 saturated carbocycles. The largest absolute Gasteiger partial charge is 0.611 e. The first-order valence-electron chi connectivity index (χ1n) is 8.77. The average Bonchev–Trinajstić information content (AvgIpc) is 2.62. The Morgan fingerprint density at radius 2 is 1.96 bits per heavy atom. The number of fused-ring (bicyclic) bond motifs is 1. The molecule has 0 fully saturated rings. The van der Waals surface area contributed by atoms with E-state index < -0.39 is 22.9 Å². The van der Waals surface area contributed by atoms with Gasteiger partial charge in [-0.05, 0) is 78.1 Å². The number of hydrogen-bond donors (Lipinski definition) is 1. The zero-order valence-electron chi connectivity index (χ0n) is 15.3. The van der Waals surface area contributed by atoms with Gasteiger partial charge in [0.2, 0.25) is 0 Å². The number of rotatable bonds is 7. The van der Waals surface area contributed by atoms with Crippen LogP contribution in [0, 0.1) is 0 Å². The van der Waals surface area contributed by atoms with Crippen LogP contribution in [0.1, 0.15) is 32.3 Å². The second kappa shape index (κ2) is 8.54. The van der Waals surface area contributed by atoms with Crippen LogP contribution in [-0.4, -0.2) is 23.0 Å². The lowest BCUT2D eigenvalue weighted by atomic mass is 9.94. The van der Waals surface area contributed by atoms with Crippen molar-refractivity contribution in [2.45, 2.75) is 37.2 Å². The molecule has 0 radical (unpaired) electrons. The van der Waals surface area contributed by atoms with E-state index in [1.807, 2.05) is 56.3 Å². The van der Waals surface area contributed by atoms with Crippen LogP contribution in [0.2, 0.25) is 0 Å². The number of carbonyl (C=O) groups is 1. The molecule has 144 valence electrons. The maximum Gasteiger partial charge on any atom is 0.412 e. The minimum atomic E-state index is -0.973. The van der Waals surface area contributed by atoms with E-state index in [0.717, 1.165) is 27.8 Å². The Morgan fingerprint density at radius 3 is 2.70 bits per heavy atom. The predicted octanol–water partition coefficient (Wildman–Crippen LogP) is 5.21. The molecule has 1 atom stereocenters. The van der Waals surface area contributed by atoms with Gasteiger partial charge >= 0.3 is 6.09 Å². The highest BCUT2D eigenvalue weighted by Crippen LogP contribution is 2.41. The lowest BCUT2D eigenvalue weighted by molar-refractivity contribution is 0.0418. The summed E-state index contributed by atoms with van der Waals surface area (Å²) in [6.07, 6.45) is 1.16. The van der Waals surface area contributed by atoms with E-state index in [-0.39, 0.29) is 0 Å². The van der Waals surface area contributed by atoms with Gasteiger partial charge in [0.15, 0.2) is 4.90 Å². The van der Waals surface area contributed by atoms with Gasteiger partial charge < -0.3 is 14.0 Å². The Bertz CT molecular complexity index is 813. The fourth-order valence-electron chi connectivity index (χ4n) is 2.90. The summed E-state index contributed by atoms with van der Waals surface area (Å²) in [6, 6.07) is 13.2. The van der Waals surface area contributed by atoms with E-state index in [1.54, 1.807) is 0 Å². The molecule has 5 nitrogen and oxygen atoms in total. The molecule has 0 aliphatic carbocycles. The molecule has 3 rings (SSSR count). The van der Waals surface area contributed by atoms with Crippen LogP contribution in [0.15, 0.2) is 51.8 Å². The molecular formula is C20H22BrNO4S. The molecule has 27 heavy (non-hydrogen) atoms. The minimum Gasteiger partial charge on any atom is -0.611 e. The topological polar surface area (TPSA) is 70.6 Å². The van der Waals surface area contributed by atoms with Gasteiger partial charge in [-0.1, -0.05) is 18.2 Å². The van der Waals surface area contributed by atoms with Crippen LogP contribution in [0.5, 0.6) is 5.75 Å². The van der Waals surface area contributed by atoms with Crippen LogP contribution < -0.4 is 10.1 Å². The van der Waals surface area contributed by atoms with Gasteiger partial charge in [0, 0.05) is 5.56 Å². The number of unbranched alkanes of at least 4 members (excludes halogenated alkanes) is 1. The number of halogens is 1. The van der Waals surface area contributed by atoms with Crippen molar-refractivity contribution in [2.75, 3.05) is 17.7 Å². The van der Waals surface area contributed by atoms with Crippen molar-refractivity contribution < 1.29 is 18.8 Å². The lowest BCUT2D eigenvalue weighted by Gasteiger charge is -2.33. The monoisotopic (exact) mass is 451 g/mol. The Labute approximate surface area is 170 Å². The molecule has 1 unspecified atom stereocenters. The molecule has 7 heteroatoms. The van der Waals surface area contributed by atoms with Crippen molar-refractivity contribution in [1.29, 1.82) is 0 Å². The fraction of sp³-hybridized carbons (Fsp3) is 0.350. The van der Waals surface area contributed by atoms with Crippen LogP contribution in [0.25, 0.3) is 0 Å². The molecule has 2 aromatic rings. The van der Waals surface area contributed by atoms with E-state index in [0.29, 0.717) is 23.8 Å². The van der Waals surface area contributed by atoms with Crippen molar-refractivity contribution >= 4 is 38.9 Å². The van der Waals surface area contributed by atoms with Gasteiger partial charge in [0.1, 0.15) is 17.1 Å². The molecule has 1 aliphatic rings. The van der Waals surface area contributed by atoms with Gasteiger partial charge in [0.25, 0.3) is 0 Å². The maximum absolute atomic E-state index is 12.2. The Balaban J connectivity index is 1.54. The Hall–Kier alpha value is -1.70. The quantitative estimate of drug-likeness (QED) is 0.462. The highest BCUT2D eigenvalue weighted by atomic mass is 79.9. The third kappa shape index (κ3) is 4.97. The number of ether oxygens (including phenoxy) is 2. The molecule has 0 bridgehead atoms. The standard InChI is InChI=1S/C20H22BrNO4S/c1-20(2)15-12-18(16(21)13-17(15)22-19(23)26-20)25-10-6-7-11-27(24)14-8-4-3-5-9-14/h3-5,8-9,12-13H,6-7,10-11H2,1-2H3,(H,22,23). The number of cyclic esters (lactones) is 1. The van der Waals surface area contributed by atoms with Gasteiger partial charge in [-0.25, -0.2) is 4.79 Å². The van der Waals surface area contributed by atoms with Gasteiger partial charge in [-0.3, -0.25) is 5.32 Å². The second-order valence-electron chi connectivity index (χ2n) is 6.77. The molecule has 0 aromatic heterocycles. The first kappa shape index (κ1) is 20.0. The van der Waals surface area contributed by atoms with E-state index in [4.69, 9.17) is 9.47 Å². The number of amides is 1. The van der Waals surface area contributed by atoms with E-state index in [9.17, 15) is 9.35 Å². The highest BCUT2D eigenvalue weighted by molar-refractivity contribution is 9.10. The van der Waals surface area contributed by atoms with Crippen LogP contribution in [0.3, 0.4) is 0 Å². The molecular weight excluding hydrogens is 430 g/mol. The molecule has 0 saturated heterocycles. The highest BCUT2D eigenvalue weighted by Gasteiger charge is 2.34. The zero-order valence-corrected chi connectivity index (χ0v) is 17.7. The normalized spacial score (nSPS) is 16.1. The van der Waals surface area contributed by atoms with Gasteiger partial charge in [0.05, 0.1) is 16.8 Å². The van der Waals surface area contributed by atoms with Crippen LogP contribution >= 0.6 is 15.9 Å². The van der Waals surface area contributed by atoms with Crippen molar-refractivity contribution in [3.63, 3.8) is 0 Å². The van der Waals surface area contributed by atoms with E-state index in [1.165, 1.54) is 0 Å². The molecule has 1 amide bonds. The smallest absolute Gasteiger partial charge is 0.412 e. The SMILES string of the molecule is CC1(C)OC(=O)Nc2cc(Br)c(OCCCC[S+]([O-])c3ccccc3)cc21. The first-order valence-corrected chi connectivity index (χ1v) is 10.9. The van der Waals surface area contributed by atoms with Gasteiger partial charge in [-0.15, -0.1) is 0 Å². The van der Waals surface area contributed by atoms with E-state index >= 15 is 0 Å². The van der Waals surface area contributed by atoms with Crippen molar-refractivity contribution in [1.82, 2.24) is 0 Å². The third-order valence-electron chi connectivity index (χ3n) is 4.29. The summed E-state index contributed by atoms with van der Waals surface area (Å²) in [5.41, 5.74) is 0.863. The molecule has 2 aromatic carbocycles. The first-order chi connectivity index (χ1) is 12.9. The Kier molecular flexibility index (Phi) is 6.34. The number of hydrogen-bond acceptors (Lipinski definition) is 4. The average molecular weight is 452 g/mol. The predicted molar refractivity (Wildman–Crippen MR) is 110 cm³/mol.